The van der Waals surface area contributed by atoms with E-state index >= 15 is 0 Å². The molecule has 1 aliphatic carbocycles. The van der Waals surface area contributed by atoms with Gasteiger partial charge in [0.25, 0.3) is 0 Å². The van der Waals surface area contributed by atoms with E-state index in [9.17, 15) is 0 Å². The lowest BCUT2D eigenvalue weighted by Crippen LogP contribution is -2.63. The monoisotopic (exact) mass is 252 g/mol. The standard InChI is InChI=1S/C15H28N2O/c1-13-4-2-9-17(13)15(12-16)6-3-5-14(15)7-10-18-11-8-14/h13H,2-12,16H2,1H3. The molecule has 3 heteroatoms. The molecule has 0 radical (unpaired) electrons. The summed E-state index contributed by atoms with van der Waals surface area (Å²) < 4.78 is 5.62. The molecule has 0 amide bonds. The van der Waals surface area contributed by atoms with Crippen LogP contribution in [-0.2, 0) is 4.74 Å². The number of ether oxygens (including phenoxy) is 1. The second kappa shape index (κ2) is 4.77. The molecule has 3 rings (SSSR count). The number of nitrogens with zero attached hydrogens (tertiary/aromatic N) is 1. The molecule has 0 bridgehead atoms. The maximum atomic E-state index is 6.33. The first-order chi connectivity index (χ1) is 8.74. The molecule has 2 saturated heterocycles. The first-order valence-corrected chi connectivity index (χ1v) is 7.79. The van der Waals surface area contributed by atoms with Crippen LogP contribution in [0.25, 0.3) is 0 Å². The van der Waals surface area contributed by atoms with E-state index in [2.05, 4.69) is 11.8 Å². The minimum Gasteiger partial charge on any atom is -0.381 e. The van der Waals surface area contributed by atoms with Crippen molar-refractivity contribution < 1.29 is 4.74 Å². The van der Waals surface area contributed by atoms with Crippen molar-refractivity contribution in [3.63, 3.8) is 0 Å². The minimum absolute atomic E-state index is 0.284. The number of hydrogen-bond acceptors (Lipinski definition) is 3. The zero-order valence-corrected chi connectivity index (χ0v) is 11.8. The Morgan fingerprint density at radius 3 is 2.56 bits per heavy atom. The van der Waals surface area contributed by atoms with Gasteiger partial charge in [-0.15, -0.1) is 0 Å². The molecule has 3 aliphatic rings. The van der Waals surface area contributed by atoms with Crippen LogP contribution < -0.4 is 5.73 Å². The number of nitrogens with two attached hydrogens (primary N) is 1. The molecule has 1 spiro atoms. The van der Waals surface area contributed by atoms with Crippen LogP contribution in [0, 0.1) is 5.41 Å². The Kier molecular flexibility index (Phi) is 3.41. The molecular formula is C15H28N2O. The third-order valence-corrected chi connectivity index (χ3v) is 6.12. The van der Waals surface area contributed by atoms with Gasteiger partial charge in [-0.2, -0.15) is 0 Å². The van der Waals surface area contributed by atoms with Gasteiger partial charge >= 0.3 is 0 Å². The molecule has 2 aliphatic heterocycles. The lowest BCUT2D eigenvalue weighted by Gasteiger charge is -2.54. The summed E-state index contributed by atoms with van der Waals surface area (Å²) in [5.74, 6) is 0. The number of likely N-dealkylation sites (tertiary alicyclic amines) is 1. The van der Waals surface area contributed by atoms with Crippen LogP contribution in [0.3, 0.4) is 0 Å². The summed E-state index contributed by atoms with van der Waals surface area (Å²) in [7, 11) is 0. The first-order valence-electron chi connectivity index (χ1n) is 7.79. The highest BCUT2D eigenvalue weighted by Gasteiger charge is 2.58. The van der Waals surface area contributed by atoms with Gasteiger partial charge in [0.05, 0.1) is 0 Å². The summed E-state index contributed by atoms with van der Waals surface area (Å²) in [6.07, 6.45) is 9.22. The summed E-state index contributed by atoms with van der Waals surface area (Å²) in [6, 6.07) is 0.728. The van der Waals surface area contributed by atoms with Crippen LogP contribution in [0.1, 0.15) is 51.9 Å². The topological polar surface area (TPSA) is 38.5 Å². The minimum atomic E-state index is 0.284. The second-order valence-electron chi connectivity index (χ2n) is 6.67. The van der Waals surface area contributed by atoms with Crippen molar-refractivity contribution in [1.82, 2.24) is 4.90 Å². The first kappa shape index (κ1) is 12.9. The van der Waals surface area contributed by atoms with Gasteiger partial charge in [0.1, 0.15) is 0 Å². The van der Waals surface area contributed by atoms with Crippen molar-refractivity contribution >= 4 is 0 Å². The Morgan fingerprint density at radius 1 is 1.17 bits per heavy atom. The highest BCUT2D eigenvalue weighted by molar-refractivity contribution is 5.13. The molecule has 18 heavy (non-hydrogen) atoms. The van der Waals surface area contributed by atoms with Crippen LogP contribution >= 0.6 is 0 Å². The van der Waals surface area contributed by atoms with E-state index in [0.29, 0.717) is 5.41 Å². The van der Waals surface area contributed by atoms with Gasteiger partial charge in [0, 0.05) is 31.3 Å². The third kappa shape index (κ3) is 1.67. The molecule has 104 valence electrons. The van der Waals surface area contributed by atoms with Crippen LogP contribution in [-0.4, -0.2) is 42.8 Å². The fraction of sp³-hybridized carbons (Fsp3) is 1.00. The van der Waals surface area contributed by atoms with E-state index in [1.165, 1.54) is 51.5 Å². The largest absolute Gasteiger partial charge is 0.381 e. The van der Waals surface area contributed by atoms with E-state index in [1.807, 2.05) is 0 Å². The Labute approximate surface area is 111 Å². The van der Waals surface area contributed by atoms with Crippen molar-refractivity contribution in [2.75, 3.05) is 26.3 Å². The van der Waals surface area contributed by atoms with Crippen molar-refractivity contribution in [2.24, 2.45) is 11.1 Å². The van der Waals surface area contributed by atoms with Gasteiger partial charge in [-0.3, -0.25) is 4.90 Å². The van der Waals surface area contributed by atoms with E-state index in [4.69, 9.17) is 10.5 Å². The van der Waals surface area contributed by atoms with Crippen LogP contribution in [0.2, 0.25) is 0 Å². The molecule has 2 unspecified atom stereocenters. The Hall–Kier alpha value is -0.120. The summed E-state index contributed by atoms with van der Waals surface area (Å²) in [5, 5.41) is 0. The SMILES string of the molecule is CC1CCCN1C1(CN)CCCC12CCOCC2. The van der Waals surface area contributed by atoms with Crippen molar-refractivity contribution in [3.05, 3.63) is 0 Å². The van der Waals surface area contributed by atoms with Gasteiger partial charge in [-0.05, 0) is 57.4 Å². The van der Waals surface area contributed by atoms with Crippen LogP contribution in [0.5, 0.6) is 0 Å². The highest BCUT2D eigenvalue weighted by atomic mass is 16.5. The molecule has 3 nitrogen and oxygen atoms in total. The van der Waals surface area contributed by atoms with Gasteiger partial charge in [0.2, 0.25) is 0 Å². The summed E-state index contributed by atoms with van der Waals surface area (Å²) in [4.78, 5) is 2.78. The molecule has 2 heterocycles. The smallest absolute Gasteiger partial charge is 0.0472 e. The predicted octanol–water partition coefficient (Wildman–Crippen LogP) is 2.15. The van der Waals surface area contributed by atoms with Crippen molar-refractivity contribution in [2.45, 2.75) is 63.5 Å². The third-order valence-electron chi connectivity index (χ3n) is 6.12. The van der Waals surface area contributed by atoms with E-state index in [0.717, 1.165) is 25.8 Å². The Balaban J connectivity index is 1.93. The van der Waals surface area contributed by atoms with Crippen LogP contribution in [0.4, 0.5) is 0 Å². The van der Waals surface area contributed by atoms with E-state index < -0.39 is 0 Å². The fourth-order valence-corrected chi connectivity index (χ4v) is 5.15. The quantitative estimate of drug-likeness (QED) is 0.818. The van der Waals surface area contributed by atoms with Gasteiger partial charge in [-0.1, -0.05) is 6.42 Å². The maximum Gasteiger partial charge on any atom is 0.0472 e. The summed E-state index contributed by atoms with van der Waals surface area (Å²) in [6.45, 7) is 6.40. The summed E-state index contributed by atoms with van der Waals surface area (Å²) in [5.41, 5.74) is 7.08. The highest BCUT2D eigenvalue weighted by Crippen LogP contribution is 2.56. The van der Waals surface area contributed by atoms with E-state index in [1.54, 1.807) is 0 Å². The van der Waals surface area contributed by atoms with Crippen LogP contribution in [0.15, 0.2) is 0 Å². The molecular weight excluding hydrogens is 224 g/mol. The summed E-state index contributed by atoms with van der Waals surface area (Å²) >= 11 is 0. The average Bonchev–Trinajstić information content (AvgIpc) is 2.96. The molecule has 3 fully saturated rings. The Bertz CT molecular complexity index is 301. The fourth-order valence-electron chi connectivity index (χ4n) is 5.15. The maximum absolute atomic E-state index is 6.33. The molecule has 0 aromatic rings. The normalized spacial score (nSPS) is 40.7. The number of rotatable bonds is 2. The van der Waals surface area contributed by atoms with Crippen molar-refractivity contribution in [1.29, 1.82) is 0 Å². The van der Waals surface area contributed by atoms with E-state index in [-0.39, 0.29) is 5.54 Å². The average molecular weight is 252 g/mol. The molecule has 0 aromatic heterocycles. The zero-order chi connectivity index (χ0) is 12.6. The molecule has 2 N–H and O–H groups in total. The number of hydrogen-bond donors (Lipinski definition) is 1. The zero-order valence-electron chi connectivity index (χ0n) is 11.8. The second-order valence-corrected chi connectivity index (χ2v) is 6.67. The van der Waals surface area contributed by atoms with Gasteiger partial charge < -0.3 is 10.5 Å². The molecule has 2 atom stereocenters. The lowest BCUT2D eigenvalue weighted by molar-refractivity contribution is -0.0785. The Morgan fingerprint density at radius 2 is 1.94 bits per heavy atom. The molecule has 1 saturated carbocycles. The van der Waals surface area contributed by atoms with Gasteiger partial charge in [0.15, 0.2) is 0 Å². The van der Waals surface area contributed by atoms with Gasteiger partial charge in [-0.25, -0.2) is 0 Å². The molecule has 0 aromatic carbocycles. The lowest BCUT2D eigenvalue weighted by atomic mass is 9.65. The van der Waals surface area contributed by atoms with Crippen molar-refractivity contribution in [3.8, 4) is 0 Å². The predicted molar refractivity (Wildman–Crippen MR) is 73.5 cm³/mol.